The third-order valence-corrected chi connectivity index (χ3v) is 5.61. The van der Waals surface area contributed by atoms with Crippen molar-refractivity contribution in [2.45, 2.75) is 4.21 Å². The fraction of sp³-hybridized carbons (Fsp3) is 0.444. The number of rotatable bonds is 2. The van der Waals surface area contributed by atoms with E-state index in [1.165, 1.54) is 16.4 Å². The Morgan fingerprint density at radius 1 is 1.38 bits per heavy atom. The minimum Gasteiger partial charge on any atom is -0.379 e. The van der Waals surface area contributed by atoms with Crippen LogP contribution < -0.4 is 0 Å². The maximum absolute atomic E-state index is 12.1. The molecule has 0 N–H and O–H groups in total. The zero-order valence-electron chi connectivity index (χ0n) is 8.42. The lowest BCUT2D eigenvalue weighted by Gasteiger charge is -2.25. The summed E-state index contributed by atoms with van der Waals surface area (Å²) >= 11 is 1.00. The third-order valence-electron chi connectivity index (χ3n) is 2.26. The average Bonchev–Trinajstić information content (AvgIpc) is 2.79. The number of nitriles is 1. The van der Waals surface area contributed by atoms with Crippen LogP contribution in [0.4, 0.5) is 0 Å². The van der Waals surface area contributed by atoms with E-state index in [2.05, 4.69) is 0 Å². The molecule has 86 valence electrons. The normalized spacial score (nSPS) is 18.2. The zero-order valence-corrected chi connectivity index (χ0v) is 10.1. The summed E-state index contributed by atoms with van der Waals surface area (Å²) in [4.78, 5) is 0.409. The van der Waals surface area contributed by atoms with Crippen molar-refractivity contribution in [2.24, 2.45) is 0 Å². The predicted octanol–water partition coefficient (Wildman–Crippen LogP) is 0.641. The monoisotopic (exact) mass is 258 g/mol. The Kier molecular flexibility index (Phi) is 3.25. The van der Waals surface area contributed by atoms with Crippen LogP contribution in [-0.4, -0.2) is 39.0 Å². The second-order valence-corrected chi connectivity index (χ2v) is 6.50. The van der Waals surface area contributed by atoms with Crippen molar-refractivity contribution in [3.05, 3.63) is 17.0 Å². The molecule has 1 aliphatic heterocycles. The lowest BCUT2D eigenvalue weighted by Crippen LogP contribution is -2.40. The van der Waals surface area contributed by atoms with Gasteiger partial charge < -0.3 is 4.74 Å². The van der Waals surface area contributed by atoms with E-state index in [4.69, 9.17) is 10.00 Å². The van der Waals surface area contributed by atoms with Gasteiger partial charge in [0.25, 0.3) is 10.0 Å². The minimum atomic E-state index is -3.43. The van der Waals surface area contributed by atoms with Gasteiger partial charge in [-0.2, -0.15) is 9.57 Å². The Labute approximate surface area is 97.9 Å². The van der Waals surface area contributed by atoms with Gasteiger partial charge >= 0.3 is 0 Å². The van der Waals surface area contributed by atoms with Crippen LogP contribution in [0.1, 0.15) is 4.88 Å². The molecule has 0 aliphatic carbocycles. The number of hydrogen-bond acceptors (Lipinski definition) is 5. The van der Waals surface area contributed by atoms with Gasteiger partial charge in [0.05, 0.1) is 13.2 Å². The highest BCUT2D eigenvalue weighted by atomic mass is 32.2. The highest BCUT2D eigenvalue weighted by Crippen LogP contribution is 2.24. The minimum absolute atomic E-state index is 0.228. The van der Waals surface area contributed by atoms with Crippen LogP contribution in [0.25, 0.3) is 0 Å². The first-order valence-corrected chi connectivity index (χ1v) is 6.98. The molecule has 1 aliphatic rings. The molecule has 1 aromatic rings. The maximum atomic E-state index is 12.1. The summed E-state index contributed by atoms with van der Waals surface area (Å²) < 4.78 is 30.9. The van der Waals surface area contributed by atoms with Gasteiger partial charge in [-0.3, -0.25) is 0 Å². The van der Waals surface area contributed by atoms with E-state index in [0.717, 1.165) is 11.3 Å². The number of sulfonamides is 1. The quantitative estimate of drug-likeness (QED) is 0.780. The molecule has 0 saturated carbocycles. The second-order valence-electron chi connectivity index (χ2n) is 3.25. The Morgan fingerprint density at radius 3 is 2.62 bits per heavy atom. The van der Waals surface area contributed by atoms with Crippen molar-refractivity contribution < 1.29 is 13.2 Å². The zero-order chi connectivity index (χ0) is 11.6. The summed E-state index contributed by atoms with van der Waals surface area (Å²) in [6.07, 6.45) is 0. The SMILES string of the molecule is N#Cc1ccc(S(=O)(=O)N2CCOCC2)s1. The molecule has 2 rings (SSSR count). The van der Waals surface area contributed by atoms with E-state index in [-0.39, 0.29) is 4.21 Å². The van der Waals surface area contributed by atoms with Crippen molar-refractivity contribution in [3.8, 4) is 6.07 Å². The summed E-state index contributed by atoms with van der Waals surface area (Å²) in [5, 5.41) is 8.66. The van der Waals surface area contributed by atoms with Crippen molar-refractivity contribution in [1.29, 1.82) is 5.26 Å². The van der Waals surface area contributed by atoms with Gasteiger partial charge in [0, 0.05) is 13.1 Å². The molecule has 5 nitrogen and oxygen atoms in total. The molecule has 1 fully saturated rings. The summed E-state index contributed by atoms with van der Waals surface area (Å²) in [5.41, 5.74) is 0. The van der Waals surface area contributed by atoms with Crippen molar-refractivity contribution in [2.75, 3.05) is 26.3 Å². The van der Waals surface area contributed by atoms with Crippen LogP contribution in [0.5, 0.6) is 0 Å². The van der Waals surface area contributed by atoms with Crippen LogP contribution in [-0.2, 0) is 14.8 Å². The van der Waals surface area contributed by atoms with Gasteiger partial charge in [-0.1, -0.05) is 0 Å². The van der Waals surface area contributed by atoms with Crippen LogP contribution in [0.2, 0.25) is 0 Å². The predicted molar refractivity (Wildman–Crippen MR) is 58.6 cm³/mol. The van der Waals surface area contributed by atoms with Gasteiger partial charge in [-0.25, -0.2) is 8.42 Å². The smallest absolute Gasteiger partial charge is 0.252 e. The Balaban J connectivity index is 2.27. The van der Waals surface area contributed by atoms with Gasteiger partial charge in [0.1, 0.15) is 15.2 Å². The van der Waals surface area contributed by atoms with Gasteiger partial charge in [-0.05, 0) is 12.1 Å². The van der Waals surface area contributed by atoms with Crippen LogP contribution >= 0.6 is 11.3 Å². The van der Waals surface area contributed by atoms with Gasteiger partial charge in [0.2, 0.25) is 0 Å². The van der Waals surface area contributed by atoms with E-state index in [0.29, 0.717) is 31.2 Å². The fourth-order valence-corrected chi connectivity index (χ4v) is 4.10. The Morgan fingerprint density at radius 2 is 2.06 bits per heavy atom. The van der Waals surface area contributed by atoms with Gasteiger partial charge in [-0.15, -0.1) is 11.3 Å². The largest absolute Gasteiger partial charge is 0.379 e. The van der Waals surface area contributed by atoms with Crippen LogP contribution in [0, 0.1) is 11.3 Å². The van der Waals surface area contributed by atoms with E-state index in [9.17, 15) is 8.42 Å². The molecule has 0 amide bonds. The number of thiophene rings is 1. The van der Waals surface area contributed by atoms with Gasteiger partial charge in [0.15, 0.2) is 0 Å². The lowest BCUT2D eigenvalue weighted by molar-refractivity contribution is 0.0731. The number of hydrogen-bond donors (Lipinski definition) is 0. The molecule has 0 aromatic carbocycles. The van der Waals surface area contributed by atoms with Crippen LogP contribution in [0.3, 0.4) is 0 Å². The summed E-state index contributed by atoms with van der Waals surface area (Å²) in [5.74, 6) is 0. The highest BCUT2D eigenvalue weighted by molar-refractivity contribution is 7.91. The van der Waals surface area contributed by atoms with Crippen LogP contribution in [0.15, 0.2) is 16.3 Å². The molecule has 0 radical (unpaired) electrons. The molecule has 16 heavy (non-hydrogen) atoms. The molecule has 1 aromatic heterocycles. The first kappa shape index (κ1) is 11.5. The van der Waals surface area contributed by atoms with Crippen molar-refractivity contribution >= 4 is 21.4 Å². The standard InChI is InChI=1S/C9H10N2O3S2/c10-7-8-1-2-9(15-8)16(12,13)11-3-5-14-6-4-11/h1-2H,3-6H2. The van der Waals surface area contributed by atoms with E-state index < -0.39 is 10.0 Å². The first-order chi connectivity index (χ1) is 7.64. The fourth-order valence-electron chi connectivity index (χ4n) is 1.43. The highest BCUT2D eigenvalue weighted by Gasteiger charge is 2.27. The number of ether oxygens (including phenoxy) is 1. The van der Waals surface area contributed by atoms with E-state index in [1.54, 1.807) is 0 Å². The number of morpholine rings is 1. The summed E-state index contributed by atoms with van der Waals surface area (Å²) in [7, 11) is -3.43. The number of nitrogens with zero attached hydrogens (tertiary/aromatic N) is 2. The first-order valence-electron chi connectivity index (χ1n) is 4.72. The third kappa shape index (κ3) is 2.10. The molecular formula is C9H10N2O3S2. The second kappa shape index (κ2) is 4.51. The van der Waals surface area contributed by atoms with Crippen molar-refractivity contribution in [3.63, 3.8) is 0 Å². The molecule has 0 unspecified atom stereocenters. The topological polar surface area (TPSA) is 70.4 Å². The molecular weight excluding hydrogens is 248 g/mol. The maximum Gasteiger partial charge on any atom is 0.252 e. The van der Waals surface area contributed by atoms with E-state index >= 15 is 0 Å². The Hall–Kier alpha value is -0.940. The average molecular weight is 258 g/mol. The van der Waals surface area contributed by atoms with E-state index in [1.807, 2.05) is 6.07 Å². The molecule has 0 atom stereocenters. The molecule has 0 bridgehead atoms. The molecule has 2 heterocycles. The lowest BCUT2D eigenvalue weighted by atomic mass is 10.5. The molecule has 1 saturated heterocycles. The summed E-state index contributed by atoms with van der Waals surface area (Å²) in [6, 6.07) is 4.94. The molecule has 0 spiro atoms. The molecule has 7 heteroatoms. The Bertz CT molecular complexity index is 509. The van der Waals surface area contributed by atoms with Crippen molar-refractivity contribution in [1.82, 2.24) is 4.31 Å². The summed E-state index contributed by atoms with van der Waals surface area (Å²) in [6.45, 7) is 1.61.